The Balaban J connectivity index is 0. The number of hydrogen-bond donors (Lipinski definition) is 0. The first kappa shape index (κ1) is 11.9. The molecule has 0 amide bonds. The van der Waals surface area contributed by atoms with Gasteiger partial charge in [-0.3, -0.25) is 0 Å². The van der Waals surface area contributed by atoms with E-state index in [1.54, 1.807) is 0 Å². The molecule has 0 N–H and O–H groups in total. The summed E-state index contributed by atoms with van der Waals surface area (Å²) in [5.74, 6) is 0. The van der Waals surface area contributed by atoms with Crippen LogP contribution < -0.4 is 17.0 Å². The van der Waals surface area contributed by atoms with Crippen LogP contribution in [0.2, 0.25) is 0 Å². The first-order valence-corrected chi connectivity index (χ1v) is 3.04. The second kappa shape index (κ2) is 6.34. The third-order valence-corrected chi connectivity index (χ3v) is 1.61. The molecule has 1 aromatic heterocycles. The molecule has 1 aromatic rings. The normalized spacial score (nSPS) is 6.62. The van der Waals surface area contributed by atoms with Gasteiger partial charge >= 0.3 is 0 Å². The second-order valence-corrected chi connectivity index (χ2v) is 2.23. The summed E-state index contributed by atoms with van der Waals surface area (Å²) in [7, 11) is 0. The molecule has 0 aliphatic carbocycles. The zero-order valence-corrected chi connectivity index (χ0v) is 10.9. The quantitative estimate of drug-likeness (QED) is 0.544. The van der Waals surface area contributed by atoms with Crippen LogP contribution >= 0.6 is 27.3 Å². The molecule has 0 bridgehead atoms. The Kier molecular flexibility index (Phi) is 9.46. The van der Waals surface area contributed by atoms with Crippen molar-refractivity contribution in [3.63, 3.8) is 0 Å². The molecule has 1 rings (SSSR count). The van der Waals surface area contributed by atoms with Gasteiger partial charge in [-0.05, 0) is 15.9 Å². The van der Waals surface area contributed by atoms with E-state index in [2.05, 4.69) is 26.4 Å². The number of hydrogen-bond acceptors (Lipinski definition) is 2. The van der Waals surface area contributed by atoms with Crippen LogP contribution in [-0.2, 0) is 19.5 Å². The molecule has 8 heavy (non-hydrogen) atoms. The molecule has 1 heterocycles. The maximum absolute atomic E-state index is 3.73. The summed E-state index contributed by atoms with van der Waals surface area (Å²) in [4.78, 5) is 3.73. The van der Waals surface area contributed by atoms with Gasteiger partial charge in [-0.2, -0.15) is 0 Å². The van der Waals surface area contributed by atoms with Gasteiger partial charge in [0.1, 0.15) is 4.60 Å². The zero-order chi connectivity index (χ0) is 4.41. The van der Waals surface area contributed by atoms with Crippen LogP contribution in [0.15, 0.2) is 9.98 Å². The molecule has 0 atom stereocenters. The molecule has 0 spiro atoms. The van der Waals surface area contributed by atoms with E-state index in [0.717, 1.165) is 4.60 Å². The van der Waals surface area contributed by atoms with Gasteiger partial charge in [0.05, 0.1) is 0 Å². The minimum atomic E-state index is 0. The summed E-state index contributed by atoms with van der Waals surface area (Å²) >= 11 is 4.61. The molecule has 5 heteroatoms. The predicted molar refractivity (Wildman–Crippen MR) is 28.6 cm³/mol. The van der Waals surface area contributed by atoms with Crippen LogP contribution in [0.5, 0.6) is 0 Å². The van der Waals surface area contributed by atoms with Crippen LogP contribution in [0.3, 0.4) is 0 Å². The molecular weight excluding hydrogens is 307 g/mol. The number of nitrogens with zero attached hydrogens (tertiary/aromatic N) is 1. The van der Waals surface area contributed by atoms with Gasteiger partial charge < -0.3 is 17.0 Å². The van der Waals surface area contributed by atoms with Crippen molar-refractivity contribution in [2.24, 2.45) is 0 Å². The second-order valence-electron chi connectivity index (χ2n) is 0.762. The molecule has 0 saturated carbocycles. The van der Waals surface area contributed by atoms with Gasteiger partial charge in [0.15, 0.2) is 5.51 Å². The Bertz CT molecular complexity index is 121. The van der Waals surface area contributed by atoms with Crippen molar-refractivity contribution < 1.29 is 36.5 Å². The van der Waals surface area contributed by atoms with E-state index >= 15 is 0 Å². The smallest absolute Gasteiger partial charge is 0.153 e. The molecule has 41 valence electrons. The Morgan fingerprint density at radius 2 is 2.38 bits per heavy atom. The molecule has 1 radical (unpaired) electrons. The Hall–Kier alpha value is 1.21. The third-order valence-electron chi connectivity index (χ3n) is 0.361. The predicted octanol–water partition coefficient (Wildman–Crippen LogP) is -1.29. The fraction of sp³-hybridized carbons (Fsp3) is 0. The summed E-state index contributed by atoms with van der Waals surface area (Å²) in [6.45, 7) is 0. The molecule has 0 aliphatic rings. The number of halogens is 2. The van der Waals surface area contributed by atoms with E-state index in [9.17, 15) is 0 Å². The first-order valence-electron chi connectivity index (χ1n) is 1.36. The Morgan fingerprint density at radius 3 is 2.50 bits per heavy atom. The van der Waals surface area contributed by atoms with E-state index in [-0.39, 0.29) is 36.5 Å². The van der Waals surface area contributed by atoms with Crippen LogP contribution in [0.4, 0.5) is 0 Å². The van der Waals surface area contributed by atoms with Crippen LogP contribution in [-0.4, -0.2) is 4.98 Å². The summed E-state index contributed by atoms with van der Waals surface area (Å²) in [5.41, 5.74) is 2.67. The average Bonchev–Trinajstić information content (AvgIpc) is 1.86. The third kappa shape index (κ3) is 4.13. The number of rotatable bonds is 0. The number of thiazole rings is 1. The Morgan fingerprint density at radius 1 is 1.75 bits per heavy atom. The summed E-state index contributed by atoms with van der Waals surface area (Å²) in [6.07, 6.45) is 0. The largest absolute Gasteiger partial charge is 1.00 e. The van der Waals surface area contributed by atoms with Crippen molar-refractivity contribution in [3.8, 4) is 0 Å². The maximum atomic E-state index is 3.73. The average molecular weight is 308 g/mol. The van der Waals surface area contributed by atoms with Gasteiger partial charge in [0.2, 0.25) is 0 Å². The summed E-state index contributed by atoms with van der Waals surface area (Å²) < 4.78 is 0.868. The standard InChI is InChI=1S/C3HBrNS.BrH.Zn/c4-3-1-6-2-5-3;;/h1H;1H;/p-1. The Labute approximate surface area is 83.6 Å². The molecule has 0 aromatic carbocycles. The van der Waals surface area contributed by atoms with Crippen LogP contribution in [0.25, 0.3) is 0 Å². The SMILES string of the molecule is Brc1cs[c]n1.[Br-].[Zn]. The van der Waals surface area contributed by atoms with Gasteiger partial charge in [-0.15, -0.1) is 11.3 Å². The van der Waals surface area contributed by atoms with Crippen molar-refractivity contribution in [2.45, 2.75) is 0 Å². The van der Waals surface area contributed by atoms with E-state index in [1.807, 2.05) is 5.38 Å². The summed E-state index contributed by atoms with van der Waals surface area (Å²) in [6, 6.07) is 0. The molecule has 0 unspecified atom stereocenters. The van der Waals surface area contributed by atoms with Gasteiger partial charge in [0, 0.05) is 24.9 Å². The van der Waals surface area contributed by atoms with E-state index in [1.165, 1.54) is 11.3 Å². The molecule has 0 saturated heterocycles. The monoisotopic (exact) mass is 305 g/mol. The zero-order valence-electron chi connectivity index (χ0n) is 3.90. The van der Waals surface area contributed by atoms with Crippen LogP contribution in [0, 0.1) is 5.51 Å². The van der Waals surface area contributed by atoms with Crippen LogP contribution in [0.1, 0.15) is 0 Å². The van der Waals surface area contributed by atoms with Crippen molar-refractivity contribution in [1.29, 1.82) is 0 Å². The van der Waals surface area contributed by atoms with Gasteiger partial charge in [-0.25, -0.2) is 4.98 Å². The minimum absolute atomic E-state index is 0. The van der Waals surface area contributed by atoms with E-state index < -0.39 is 0 Å². The fourth-order valence-corrected chi connectivity index (χ4v) is 1.01. The van der Waals surface area contributed by atoms with Crippen molar-refractivity contribution in [1.82, 2.24) is 4.98 Å². The van der Waals surface area contributed by atoms with Gasteiger partial charge in [0.25, 0.3) is 0 Å². The van der Waals surface area contributed by atoms with Crippen molar-refractivity contribution in [3.05, 3.63) is 15.5 Å². The van der Waals surface area contributed by atoms with Crippen molar-refractivity contribution >= 4 is 27.3 Å². The maximum Gasteiger partial charge on any atom is 0.153 e. The molecule has 1 nitrogen and oxygen atoms in total. The molecular formula is C3HBr2NSZn-. The fourth-order valence-electron chi connectivity index (χ4n) is 0.171. The van der Waals surface area contributed by atoms with Crippen molar-refractivity contribution in [2.75, 3.05) is 0 Å². The van der Waals surface area contributed by atoms with Gasteiger partial charge in [-0.1, -0.05) is 0 Å². The van der Waals surface area contributed by atoms with E-state index in [0.29, 0.717) is 0 Å². The number of aromatic nitrogens is 1. The van der Waals surface area contributed by atoms with E-state index in [4.69, 9.17) is 0 Å². The topological polar surface area (TPSA) is 12.9 Å². The molecule has 0 aliphatic heterocycles. The first-order chi connectivity index (χ1) is 2.89. The minimum Gasteiger partial charge on any atom is -1.00 e. The molecule has 0 fully saturated rings. The summed E-state index contributed by atoms with van der Waals surface area (Å²) in [5, 5.41) is 1.88.